The van der Waals surface area contributed by atoms with Crippen LogP contribution >= 0.6 is 0 Å². The maximum absolute atomic E-state index is 13.6. The van der Waals surface area contributed by atoms with E-state index in [1.54, 1.807) is 27.4 Å². The first-order valence-corrected chi connectivity index (χ1v) is 11.1. The average molecular weight is 469 g/mol. The van der Waals surface area contributed by atoms with Gasteiger partial charge in [-0.2, -0.15) is 14.3 Å². The Bertz CT molecular complexity index is 1580. The van der Waals surface area contributed by atoms with Gasteiger partial charge in [-0.3, -0.25) is 4.79 Å². The highest BCUT2D eigenvalue weighted by Crippen LogP contribution is 2.43. The van der Waals surface area contributed by atoms with Gasteiger partial charge in [0.05, 0.1) is 5.69 Å². The molecule has 1 aliphatic rings. The smallest absolute Gasteiger partial charge is 0.226 e. The lowest BCUT2D eigenvalue weighted by atomic mass is 9.85. The monoisotopic (exact) mass is 469 g/mol. The van der Waals surface area contributed by atoms with Gasteiger partial charge in [-0.15, -0.1) is 15.3 Å². The molecule has 4 heterocycles. The first-order valence-electron chi connectivity index (χ1n) is 11.1. The highest BCUT2D eigenvalue weighted by atomic mass is 19.1. The Kier molecular flexibility index (Phi) is 4.98. The van der Waals surface area contributed by atoms with Gasteiger partial charge in [0.25, 0.3) is 0 Å². The van der Waals surface area contributed by atoms with E-state index < -0.39 is 0 Å². The number of ether oxygens (including phenoxy) is 1. The van der Waals surface area contributed by atoms with Crippen molar-refractivity contribution in [2.24, 2.45) is 0 Å². The van der Waals surface area contributed by atoms with E-state index in [0.717, 1.165) is 22.4 Å². The minimum absolute atomic E-state index is 0.131. The van der Waals surface area contributed by atoms with E-state index in [2.05, 4.69) is 20.6 Å². The molecule has 3 aromatic heterocycles. The Morgan fingerprint density at radius 3 is 2.89 bits per heavy atom. The third-order valence-corrected chi connectivity index (χ3v) is 6.04. The number of carbonyl (C=O) groups is 1. The van der Waals surface area contributed by atoms with Crippen LogP contribution in [0.3, 0.4) is 0 Å². The summed E-state index contributed by atoms with van der Waals surface area (Å²) in [5.41, 5.74) is 3.87. The van der Waals surface area contributed by atoms with Gasteiger partial charge in [-0.1, -0.05) is 30.3 Å². The van der Waals surface area contributed by atoms with Crippen LogP contribution in [0.25, 0.3) is 11.5 Å². The third-order valence-electron chi connectivity index (χ3n) is 6.04. The lowest BCUT2D eigenvalue weighted by molar-refractivity contribution is -0.116. The van der Waals surface area contributed by atoms with Crippen LogP contribution in [0.2, 0.25) is 0 Å². The number of rotatable bonds is 5. The molecule has 0 bridgehead atoms. The molecule has 174 valence electrons. The zero-order valence-corrected chi connectivity index (χ0v) is 18.7. The van der Waals surface area contributed by atoms with Crippen LogP contribution < -0.4 is 10.1 Å². The Balaban J connectivity index is 1.39. The number of aromatic nitrogens is 6. The van der Waals surface area contributed by atoms with E-state index in [-0.39, 0.29) is 30.7 Å². The second-order valence-corrected chi connectivity index (χ2v) is 8.35. The zero-order chi connectivity index (χ0) is 23.9. The fourth-order valence-electron chi connectivity index (χ4n) is 4.50. The maximum Gasteiger partial charge on any atom is 0.226 e. The number of nitrogens with one attached hydrogen (secondary N) is 1. The summed E-state index contributed by atoms with van der Waals surface area (Å²) in [5, 5.41) is 20.0. The summed E-state index contributed by atoms with van der Waals surface area (Å²) in [7, 11) is 0. The Labute approximate surface area is 199 Å². The number of anilines is 1. The molecular weight excluding hydrogens is 449 g/mol. The Morgan fingerprint density at radius 2 is 2.00 bits per heavy atom. The van der Waals surface area contributed by atoms with Crippen LogP contribution in [-0.2, 0) is 11.4 Å². The van der Waals surface area contributed by atoms with Gasteiger partial charge >= 0.3 is 0 Å². The number of hydrogen-bond acceptors (Lipinski definition) is 6. The zero-order valence-electron chi connectivity index (χ0n) is 18.7. The number of aryl methyl sites for hydroxylation is 1. The first kappa shape index (κ1) is 21.0. The number of para-hydroxylation sites is 1. The molecule has 1 amide bonds. The summed E-state index contributed by atoms with van der Waals surface area (Å²) in [4.78, 5) is 12.8. The van der Waals surface area contributed by atoms with Crippen molar-refractivity contribution in [1.82, 2.24) is 29.6 Å². The molecule has 0 fully saturated rings. The number of fused-ring (bicyclic) bond motifs is 2. The molecule has 1 aliphatic heterocycles. The first-order chi connectivity index (χ1) is 17.1. The highest BCUT2D eigenvalue weighted by Gasteiger charge is 2.34. The summed E-state index contributed by atoms with van der Waals surface area (Å²) in [5.74, 6) is 1.03. The lowest BCUT2D eigenvalue weighted by Crippen LogP contribution is -2.25. The SMILES string of the molecule is Cc1nn(-c2ccc3nncn3n2)c2c1[C@H](c1ccccc1OCc1cccc(F)c1)CC(=O)N2. The van der Waals surface area contributed by atoms with Crippen molar-refractivity contribution in [2.75, 3.05) is 5.32 Å². The Morgan fingerprint density at radius 1 is 1.11 bits per heavy atom. The molecule has 0 aliphatic carbocycles. The third kappa shape index (κ3) is 3.78. The van der Waals surface area contributed by atoms with Crippen LogP contribution in [0.15, 0.2) is 67.0 Å². The summed E-state index contributed by atoms with van der Waals surface area (Å²) < 4.78 is 22.9. The predicted molar refractivity (Wildman–Crippen MR) is 125 cm³/mol. The van der Waals surface area contributed by atoms with E-state index in [4.69, 9.17) is 9.84 Å². The van der Waals surface area contributed by atoms with Gasteiger partial charge in [0.2, 0.25) is 5.91 Å². The predicted octanol–water partition coefficient (Wildman–Crippen LogP) is 3.81. The number of benzene rings is 2. The summed E-state index contributed by atoms with van der Waals surface area (Å²) in [6, 6.07) is 17.5. The molecule has 2 aromatic carbocycles. The standard InChI is InChI=1S/C25H20FN7O2/c1-15-24-19(18-7-2-3-8-20(18)35-13-16-5-4-6-17(26)11-16)12-23(34)28-25(24)33(30-15)22-10-9-21-29-27-14-32(21)31-22/h2-11,14,19H,12-13H2,1H3,(H,28,34)/t19-/m0/s1. The number of nitrogens with zero attached hydrogens (tertiary/aromatic N) is 6. The molecule has 0 spiro atoms. The van der Waals surface area contributed by atoms with Crippen molar-refractivity contribution in [1.29, 1.82) is 0 Å². The summed E-state index contributed by atoms with van der Waals surface area (Å²) in [6.07, 6.45) is 1.76. The highest BCUT2D eigenvalue weighted by molar-refractivity contribution is 5.95. The number of hydrogen-bond donors (Lipinski definition) is 1. The largest absolute Gasteiger partial charge is 0.489 e. The second kappa shape index (κ2) is 8.32. The van der Waals surface area contributed by atoms with Crippen molar-refractivity contribution >= 4 is 17.4 Å². The molecule has 9 nitrogen and oxygen atoms in total. The molecule has 0 saturated heterocycles. The van der Waals surface area contributed by atoms with Crippen molar-refractivity contribution in [3.8, 4) is 11.6 Å². The van der Waals surface area contributed by atoms with Gasteiger partial charge in [0, 0.05) is 23.5 Å². The molecule has 1 atom stereocenters. The molecule has 0 saturated carbocycles. The van der Waals surface area contributed by atoms with Gasteiger partial charge in [0.1, 0.15) is 30.3 Å². The van der Waals surface area contributed by atoms with Crippen LogP contribution in [0.5, 0.6) is 5.75 Å². The molecule has 5 aromatic rings. The molecule has 35 heavy (non-hydrogen) atoms. The van der Waals surface area contributed by atoms with E-state index in [1.807, 2.05) is 37.3 Å². The Hall–Kier alpha value is -4.60. The van der Waals surface area contributed by atoms with Gasteiger partial charge < -0.3 is 10.1 Å². The van der Waals surface area contributed by atoms with Crippen molar-refractivity contribution in [3.05, 3.63) is 95.2 Å². The molecule has 10 heteroatoms. The fraction of sp³-hybridized carbons (Fsp3) is 0.160. The van der Waals surface area contributed by atoms with Crippen molar-refractivity contribution < 1.29 is 13.9 Å². The molecule has 1 N–H and O–H groups in total. The number of amides is 1. The molecule has 0 unspecified atom stereocenters. The van der Waals surface area contributed by atoms with E-state index >= 15 is 0 Å². The topological polar surface area (TPSA) is 99.2 Å². The molecule has 6 rings (SSSR count). The fourth-order valence-corrected chi connectivity index (χ4v) is 4.50. The number of carbonyl (C=O) groups excluding carboxylic acids is 1. The quantitative estimate of drug-likeness (QED) is 0.420. The van der Waals surface area contributed by atoms with Gasteiger partial charge in [0.15, 0.2) is 11.5 Å². The summed E-state index contributed by atoms with van der Waals surface area (Å²) in [6.45, 7) is 2.12. The minimum Gasteiger partial charge on any atom is -0.489 e. The van der Waals surface area contributed by atoms with E-state index in [0.29, 0.717) is 23.0 Å². The van der Waals surface area contributed by atoms with E-state index in [1.165, 1.54) is 18.5 Å². The molecule has 0 radical (unpaired) electrons. The van der Waals surface area contributed by atoms with Crippen LogP contribution in [0.4, 0.5) is 10.2 Å². The van der Waals surface area contributed by atoms with Crippen molar-refractivity contribution in [2.45, 2.75) is 25.9 Å². The maximum atomic E-state index is 13.6. The van der Waals surface area contributed by atoms with E-state index in [9.17, 15) is 9.18 Å². The molecular formula is C25H20FN7O2. The number of halogens is 1. The normalized spacial score (nSPS) is 15.1. The van der Waals surface area contributed by atoms with Crippen molar-refractivity contribution in [3.63, 3.8) is 0 Å². The summed E-state index contributed by atoms with van der Waals surface area (Å²) >= 11 is 0. The van der Waals surface area contributed by atoms with Gasteiger partial charge in [-0.25, -0.2) is 4.39 Å². The average Bonchev–Trinajstić information content (AvgIpc) is 3.46. The van der Waals surface area contributed by atoms with Crippen LogP contribution in [-0.4, -0.2) is 35.5 Å². The van der Waals surface area contributed by atoms with Crippen LogP contribution in [0.1, 0.15) is 34.7 Å². The minimum atomic E-state index is -0.311. The lowest BCUT2D eigenvalue weighted by Gasteiger charge is -2.26. The van der Waals surface area contributed by atoms with Gasteiger partial charge in [-0.05, 0) is 42.8 Å². The second-order valence-electron chi connectivity index (χ2n) is 8.35. The van der Waals surface area contributed by atoms with Crippen LogP contribution in [0, 0.1) is 12.7 Å².